The molecular formula is C15H20Cl2N2O2. The van der Waals surface area contributed by atoms with E-state index >= 15 is 0 Å². The Morgan fingerprint density at radius 1 is 1.38 bits per heavy atom. The second-order valence-corrected chi connectivity index (χ2v) is 6.33. The molecule has 0 aliphatic carbocycles. The van der Waals surface area contributed by atoms with E-state index in [2.05, 4.69) is 0 Å². The molecule has 1 atom stereocenters. The number of nitrogens with zero attached hydrogens (tertiary/aromatic N) is 1. The molecule has 0 saturated carbocycles. The molecule has 2 rings (SSSR count). The van der Waals surface area contributed by atoms with E-state index < -0.39 is 0 Å². The normalized spacial score (nSPS) is 17.8. The van der Waals surface area contributed by atoms with E-state index in [-0.39, 0.29) is 17.6 Å². The molecule has 0 spiro atoms. The molecule has 0 radical (unpaired) electrons. The van der Waals surface area contributed by atoms with Gasteiger partial charge in [0.25, 0.3) is 0 Å². The van der Waals surface area contributed by atoms with Gasteiger partial charge >= 0.3 is 0 Å². The molecule has 0 aromatic heterocycles. The highest BCUT2D eigenvalue weighted by atomic mass is 35.5. The van der Waals surface area contributed by atoms with Crippen LogP contribution < -0.4 is 5.73 Å². The minimum Gasteiger partial charge on any atom is -0.508 e. The van der Waals surface area contributed by atoms with Gasteiger partial charge in [-0.15, -0.1) is 0 Å². The molecule has 3 N–H and O–H groups in total. The smallest absolute Gasteiger partial charge is 0.219 e. The highest BCUT2D eigenvalue weighted by Gasteiger charge is 2.29. The Hall–Kier alpha value is -0.970. The molecule has 1 amide bonds. The lowest BCUT2D eigenvalue weighted by Crippen LogP contribution is -2.39. The number of nitrogens with two attached hydrogens (primary N) is 1. The minimum absolute atomic E-state index is 0.0221. The fraction of sp³-hybridized carbons (Fsp3) is 0.533. The zero-order valence-corrected chi connectivity index (χ0v) is 13.5. The molecule has 1 heterocycles. The summed E-state index contributed by atoms with van der Waals surface area (Å²) in [6.45, 7) is 3.49. The summed E-state index contributed by atoms with van der Waals surface area (Å²) in [5, 5.41) is 10.9. The number of halogens is 2. The Morgan fingerprint density at radius 3 is 2.48 bits per heavy atom. The summed E-state index contributed by atoms with van der Waals surface area (Å²) in [5.74, 6) is 0.589. The topological polar surface area (TPSA) is 66.6 Å². The second kappa shape index (κ2) is 6.86. The van der Waals surface area contributed by atoms with Crippen molar-refractivity contribution in [3.05, 3.63) is 27.7 Å². The van der Waals surface area contributed by atoms with Crippen molar-refractivity contribution in [2.24, 2.45) is 11.7 Å². The van der Waals surface area contributed by atoms with Gasteiger partial charge in [-0.2, -0.15) is 0 Å². The Morgan fingerprint density at radius 2 is 1.95 bits per heavy atom. The van der Waals surface area contributed by atoms with Crippen molar-refractivity contribution >= 4 is 29.1 Å². The predicted molar refractivity (Wildman–Crippen MR) is 84.9 cm³/mol. The molecule has 1 aromatic carbocycles. The monoisotopic (exact) mass is 330 g/mol. The van der Waals surface area contributed by atoms with Gasteiger partial charge in [-0.25, -0.2) is 0 Å². The quantitative estimate of drug-likeness (QED) is 0.895. The summed E-state index contributed by atoms with van der Waals surface area (Å²) in [4.78, 5) is 13.2. The number of likely N-dealkylation sites (tertiary alicyclic amines) is 1. The molecule has 6 heteroatoms. The van der Waals surface area contributed by atoms with E-state index in [0.717, 1.165) is 31.5 Å². The van der Waals surface area contributed by atoms with Gasteiger partial charge in [-0.05, 0) is 31.4 Å². The molecule has 1 unspecified atom stereocenters. The number of aromatic hydroxyl groups is 1. The van der Waals surface area contributed by atoms with Gasteiger partial charge in [-0.3, -0.25) is 4.79 Å². The van der Waals surface area contributed by atoms with Crippen molar-refractivity contribution < 1.29 is 9.90 Å². The fourth-order valence-electron chi connectivity index (χ4n) is 3.04. The second-order valence-electron chi connectivity index (χ2n) is 5.51. The van der Waals surface area contributed by atoms with Crippen molar-refractivity contribution in [2.45, 2.75) is 25.7 Å². The summed E-state index contributed by atoms with van der Waals surface area (Å²) in [6, 6.07) is 3.17. The first-order chi connectivity index (χ1) is 9.93. The molecule has 116 valence electrons. The highest BCUT2D eigenvalue weighted by Crippen LogP contribution is 2.39. The molecule has 1 saturated heterocycles. The molecule has 0 bridgehead atoms. The number of hydrogen-bond donors (Lipinski definition) is 2. The molecule has 21 heavy (non-hydrogen) atoms. The van der Waals surface area contributed by atoms with Crippen LogP contribution in [0.25, 0.3) is 0 Å². The van der Waals surface area contributed by atoms with E-state index in [1.807, 2.05) is 4.90 Å². The van der Waals surface area contributed by atoms with Crippen LogP contribution in [0.5, 0.6) is 5.75 Å². The van der Waals surface area contributed by atoms with Crippen LogP contribution in [0.1, 0.15) is 31.2 Å². The molecule has 1 aliphatic heterocycles. The maximum atomic E-state index is 11.4. The standard InChI is InChI=1S/C15H20Cl2N2O2/c1-9(20)19-4-2-10(3-5-19)12(8-18)11-6-13(16)14(17)7-15(11)21/h6-7,10,12,21H,2-5,8,18H2,1H3. The average Bonchev–Trinajstić information content (AvgIpc) is 2.45. The molecular weight excluding hydrogens is 311 g/mol. The van der Waals surface area contributed by atoms with E-state index in [1.165, 1.54) is 6.07 Å². The summed E-state index contributed by atoms with van der Waals surface area (Å²) < 4.78 is 0. The summed E-state index contributed by atoms with van der Waals surface area (Å²) in [7, 11) is 0. The number of rotatable bonds is 3. The lowest BCUT2D eigenvalue weighted by atomic mass is 9.79. The van der Waals surface area contributed by atoms with Crippen LogP contribution in [-0.2, 0) is 4.79 Å². The molecule has 1 aromatic rings. The number of hydrogen-bond acceptors (Lipinski definition) is 3. The number of piperidine rings is 1. The number of phenolic OH excluding ortho intramolecular Hbond substituents is 1. The summed E-state index contributed by atoms with van der Waals surface area (Å²) >= 11 is 12.0. The van der Waals surface area contributed by atoms with Gasteiger partial charge in [0.05, 0.1) is 10.0 Å². The first kappa shape index (κ1) is 16.4. The van der Waals surface area contributed by atoms with Gasteiger partial charge < -0.3 is 15.7 Å². The first-order valence-electron chi connectivity index (χ1n) is 7.07. The molecule has 4 nitrogen and oxygen atoms in total. The Kier molecular flexibility index (Phi) is 5.36. The van der Waals surface area contributed by atoms with Gasteiger partial charge in [0.2, 0.25) is 5.91 Å². The Bertz CT molecular complexity index is 529. The third kappa shape index (κ3) is 3.62. The third-order valence-electron chi connectivity index (χ3n) is 4.28. The number of phenols is 1. The number of carbonyl (C=O) groups is 1. The lowest BCUT2D eigenvalue weighted by molar-refractivity contribution is -0.130. The SMILES string of the molecule is CC(=O)N1CCC(C(CN)c2cc(Cl)c(Cl)cc2O)CC1. The Balaban J connectivity index is 2.18. The van der Waals surface area contributed by atoms with Crippen LogP contribution in [0, 0.1) is 5.92 Å². The van der Waals surface area contributed by atoms with Crippen molar-refractivity contribution in [1.82, 2.24) is 4.90 Å². The van der Waals surface area contributed by atoms with Crippen LogP contribution in [0.3, 0.4) is 0 Å². The van der Waals surface area contributed by atoms with Crippen molar-refractivity contribution in [3.63, 3.8) is 0 Å². The van der Waals surface area contributed by atoms with Crippen LogP contribution in [0.2, 0.25) is 10.0 Å². The number of carbonyl (C=O) groups excluding carboxylic acids is 1. The largest absolute Gasteiger partial charge is 0.508 e. The third-order valence-corrected chi connectivity index (χ3v) is 5.00. The number of amides is 1. The van der Waals surface area contributed by atoms with E-state index in [1.54, 1.807) is 13.0 Å². The zero-order chi connectivity index (χ0) is 15.6. The maximum absolute atomic E-state index is 11.4. The van der Waals surface area contributed by atoms with E-state index in [9.17, 15) is 9.90 Å². The maximum Gasteiger partial charge on any atom is 0.219 e. The lowest BCUT2D eigenvalue weighted by Gasteiger charge is -2.35. The van der Waals surface area contributed by atoms with Crippen LogP contribution >= 0.6 is 23.2 Å². The molecule has 1 aliphatic rings. The van der Waals surface area contributed by atoms with E-state index in [4.69, 9.17) is 28.9 Å². The van der Waals surface area contributed by atoms with Crippen molar-refractivity contribution in [2.75, 3.05) is 19.6 Å². The van der Waals surface area contributed by atoms with Crippen LogP contribution in [0.4, 0.5) is 0 Å². The van der Waals surface area contributed by atoms with Crippen molar-refractivity contribution in [3.8, 4) is 5.75 Å². The summed E-state index contributed by atoms with van der Waals surface area (Å²) in [5.41, 5.74) is 6.66. The average molecular weight is 331 g/mol. The van der Waals surface area contributed by atoms with Gasteiger partial charge in [0, 0.05) is 37.6 Å². The highest BCUT2D eigenvalue weighted by molar-refractivity contribution is 6.42. The van der Waals surface area contributed by atoms with Crippen LogP contribution in [-0.4, -0.2) is 35.5 Å². The first-order valence-corrected chi connectivity index (χ1v) is 7.83. The predicted octanol–water partition coefficient (Wildman–Crippen LogP) is 3.00. The van der Waals surface area contributed by atoms with Gasteiger partial charge in [-0.1, -0.05) is 23.2 Å². The molecule has 1 fully saturated rings. The Labute approximate surface area is 134 Å². The van der Waals surface area contributed by atoms with Crippen LogP contribution in [0.15, 0.2) is 12.1 Å². The summed E-state index contributed by atoms with van der Waals surface area (Å²) in [6.07, 6.45) is 1.75. The van der Waals surface area contributed by atoms with Gasteiger partial charge in [0.1, 0.15) is 5.75 Å². The zero-order valence-electron chi connectivity index (χ0n) is 12.0. The van der Waals surface area contributed by atoms with E-state index in [0.29, 0.717) is 22.5 Å². The van der Waals surface area contributed by atoms with Crippen molar-refractivity contribution in [1.29, 1.82) is 0 Å². The fourth-order valence-corrected chi connectivity index (χ4v) is 3.37. The van der Waals surface area contributed by atoms with Gasteiger partial charge in [0.15, 0.2) is 0 Å². The number of benzene rings is 1. The minimum atomic E-state index is 0.0221.